The van der Waals surface area contributed by atoms with E-state index in [0.717, 1.165) is 0 Å². The van der Waals surface area contributed by atoms with Gasteiger partial charge >= 0.3 is 0 Å². The van der Waals surface area contributed by atoms with E-state index in [1.807, 2.05) is 0 Å². The number of halogens is 1. The molecule has 0 saturated heterocycles. The first-order chi connectivity index (χ1) is 4.56. The zero-order valence-corrected chi connectivity index (χ0v) is 7.99. The first kappa shape index (κ1) is 13.7. The van der Waals surface area contributed by atoms with Gasteiger partial charge in [0.05, 0.1) is 12.2 Å². The third-order valence-electron chi connectivity index (χ3n) is 1.12. The Morgan fingerprint density at radius 1 is 1.36 bits per heavy atom. The summed E-state index contributed by atoms with van der Waals surface area (Å²) in [5.41, 5.74) is 4.57. The molecule has 3 N–H and O–H groups in total. The molecule has 0 amide bonds. The van der Waals surface area contributed by atoms with E-state index in [1.165, 1.54) is 0 Å². The Hall–Kier alpha value is 0.170. The maximum absolute atomic E-state index is 9.21. The highest BCUT2D eigenvalue weighted by Gasteiger charge is 2.10. The van der Waals surface area contributed by atoms with Crippen LogP contribution in [0.1, 0.15) is 20.3 Å². The summed E-state index contributed by atoms with van der Waals surface area (Å²) in [5, 5.41) is 9.21. The molecule has 0 aliphatic rings. The van der Waals surface area contributed by atoms with Crippen LogP contribution in [0.3, 0.4) is 0 Å². The Bertz CT molecular complexity index is 83.0. The average Bonchev–Trinajstić information content (AvgIpc) is 1.78. The lowest BCUT2D eigenvalue weighted by Crippen LogP contribution is -2.21. The van der Waals surface area contributed by atoms with Crippen molar-refractivity contribution in [3.63, 3.8) is 0 Å². The van der Waals surface area contributed by atoms with Crippen LogP contribution in [-0.2, 0) is 4.74 Å². The molecular formula is C7H18ClNO2. The molecule has 0 aliphatic heterocycles. The van der Waals surface area contributed by atoms with Crippen molar-refractivity contribution in [1.82, 2.24) is 0 Å². The van der Waals surface area contributed by atoms with Gasteiger partial charge in [-0.05, 0) is 20.3 Å². The molecule has 70 valence electrons. The van der Waals surface area contributed by atoms with E-state index in [9.17, 15) is 5.11 Å². The van der Waals surface area contributed by atoms with Gasteiger partial charge in [-0.15, -0.1) is 12.4 Å². The van der Waals surface area contributed by atoms with Crippen LogP contribution in [0.2, 0.25) is 0 Å². The fraction of sp³-hybridized carbons (Fsp3) is 1.00. The SMILES string of the molecule is CC(C)(O)CCOCCN.Cl. The number of rotatable bonds is 5. The van der Waals surface area contributed by atoms with Gasteiger partial charge in [0.2, 0.25) is 0 Å². The Labute approximate surface area is 74.3 Å². The number of nitrogens with two attached hydrogens (primary N) is 1. The number of aliphatic hydroxyl groups is 1. The predicted molar refractivity (Wildman–Crippen MR) is 48.0 cm³/mol. The molecule has 0 bridgehead atoms. The summed E-state index contributed by atoms with van der Waals surface area (Å²) in [7, 11) is 0. The summed E-state index contributed by atoms with van der Waals surface area (Å²) in [6.45, 7) is 5.24. The lowest BCUT2D eigenvalue weighted by molar-refractivity contribution is 0.0301. The molecule has 0 radical (unpaired) electrons. The Balaban J connectivity index is 0. The van der Waals surface area contributed by atoms with Gasteiger partial charge in [0.1, 0.15) is 0 Å². The molecule has 11 heavy (non-hydrogen) atoms. The largest absolute Gasteiger partial charge is 0.390 e. The van der Waals surface area contributed by atoms with Crippen molar-refractivity contribution in [3.8, 4) is 0 Å². The fourth-order valence-electron chi connectivity index (χ4n) is 0.507. The summed E-state index contributed by atoms with van der Waals surface area (Å²) in [6, 6.07) is 0. The zero-order chi connectivity index (χ0) is 8.04. The molecule has 3 nitrogen and oxygen atoms in total. The Morgan fingerprint density at radius 3 is 2.27 bits per heavy atom. The predicted octanol–water partition coefficient (Wildman–Crippen LogP) is 0.544. The van der Waals surface area contributed by atoms with Crippen LogP contribution in [-0.4, -0.2) is 30.5 Å². The van der Waals surface area contributed by atoms with E-state index in [-0.39, 0.29) is 12.4 Å². The Kier molecular flexibility index (Phi) is 8.56. The molecule has 0 heterocycles. The van der Waals surface area contributed by atoms with Crippen LogP contribution in [0.25, 0.3) is 0 Å². The third-order valence-corrected chi connectivity index (χ3v) is 1.12. The van der Waals surface area contributed by atoms with Crippen molar-refractivity contribution in [1.29, 1.82) is 0 Å². The molecule has 0 atom stereocenters. The van der Waals surface area contributed by atoms with Gasteiger partial charge in [-0.2, -0.15) is 0 Å². The molecule has 0 aromatic heterocycles. The van der Waals surface area contributed by atoms with Gasteiger partial charge < -0.3 is 15.6 Å². The highest BCUT2D eigenvalue weighted by atomic mass is 35.5. The van der Waals surface area contributed by atoms with Crippen LogP contribution in [0.4, 0.5) is 0 Å². The minimum atomic E-state index is -0.616. The smallest absolute Gasteiger partial charge is 0.0613 e. The van der Waals surface area contributed by atoms with Crippen molar-refractivity contribution in [2.24, 2.45) is 5.73 Å². The maximum atomic E-state index is 9.21. The highest BCUT2D eigenvalue weighted by molar-refractivity contribution is 5.85. The summed E-state index contributed by atoms with van der Waals surface area (Å²) in [4.78, 5) is 0. The molecule has 0 rings (SSSR count). The van der Waals surface area contributed by atoms with Gasteiger partial charge in [0, 0.05) is 13.2 Å². The monoisotopic (exact) mass is 183 g/mol. The van der Waals surface area contributed by atoms with Crippen LogP contribution < -0.4 is 5.73 Å². The lowest BCUT2D eigenvalue weighted by atomic mass is 10.1. The maximum Gasteiger partial charge on any atom is 0.0613 e. The quantitative estimate of drug-likeness (QED) is 0.612. The molecule has 0 unspecified atom stereocenters. The molecule has 4 heteroatoms. The van der Waals surface area contributed by atoms with E-state index in [1.54, 1.807) is 13.8 Å². The number of hydrogen-bond acceptors (Lipinski definition) is 3. The third kappa shape index (κ3) is 13.2. The second kappa shape index (κ2) is 6.85. The first-order valence-corrected chi connectivity index (χ1v) is 3.56. The molecular weight excluding hydrogens is 166 g/mol. The van der Waals surface area contributed by atoms with Crippen molar-refractivity contribution in [3.05, 3.63) is 0 Å². The minimum Gasteiger partial charge on any atom is -0.390 e. The molecule has 0 saturated carbocycles. The van der Waals surface area contributed by atoms with E-state index in [4.69, 9.17) is 10.5 Å². The van der Waals surface area contributed by atoms with Gasteiger partial charge in [-0.25, -0.2) is 0 Å². The van der Waals surface area contributed by atoms with Crippen molar-refractivity contribution in [2.45, 2.75) is 25.9 Å². The van der Waals surface area contributed by atoms with E-state index >= 15 is 0 Å². The van der Waals surface area contributed by atoms with Crippen molar-refractivity contribution in [2.75, 3.05) is 19.8 Å². The summed E-state index contributed by atoms with van der Waals surface area (Å²) < 4.78 is 5.07. The van der Waals surface area contributed by atoms with Crippen LogP contribution >= 0.6 is 12.4 Å². The zero-order valence-electron chi connectivity index (χ0n) is 7.17. The molecule has 0 aromatic carbocycles. The van der Waals surface area contributed by atoms with Crippen molar-refractivity contribution >= 4 is 12.4 Å². The van der Waals surface area contributed by atoms with Gasteiger partial charge in [-0.1, -0.05) is 0 Å². The van der Waals surface area contributed by atoms with Gasteiger partial charge in [0.25, 0.3) is 0 Å². The fourth-order valence-corrected chi connectivity index (χ4v) is 0.507. The summed E-state index contributed by atoms with van der Waals surface area (Å²) >= 11 is 0. The number of hydrogen-bond donors (Lipinski definition) is 2. The highest BCUT2D eigenvalue weighted by Crippen LogP contribution is 2.05. The van der Waals surface area contributed by atoms with E-state index in [2.05, 4.69) is 0 Å². The first-order valence-electron chi connectivity index (χ1n) is 3.56. The van der Waals surface area contributed by atoms with E-state index < -0.39 is 5.60 Å². The number of ether oxygens (including phenoxy) is 1. The summed E-state index contributed by atoms with van der Waals surface area (Å²) in [5.74, 6) is 0. The molecule has 0 fully saturated rings. The van der Waals surface area contributed by atoms with Crippen LogP contribution in [0.5, 0.6) is 0 Å². The van der Waals surface area contributed by atoms with Crippen LogP contribution in [0.15, 0.2) is 0 Å². The standard InChI is InChI=1S/C7H17NO2.ClH/c1-7(2,9)3-5-10-6-4-8;/h9H,3-6,8H2,1-2H3;1H. The van der Waals surface area contributed by atoms with Crippen LogP contribution in [0, 0.1) is 0 Å². The Morgan fingerprint density at radius 2 is 1.91 bits per heavy atom. The second-order valence-electron chi connectivity index (χ2n) is 2.96. The second-order valence-corrected chi connectivity index (χ2v) is 2.96. The molecule has 0 aliphatic carbocycles. The minimum absolute atomic E-state index is 0. The lowest BCUT2D eigenvalue weighted by Gasteiger charge is -2.16. The topological polar surface area (TPSA) is 55.5 Å². The van der Waals surface area contributed by atoms with Gasteiger partial charge in [0.15, 0.2) is 0 Å². The van der Waals surface area contributed by atoms with Crippen molar-refractivity contribution < 1.29 is 9.84 Å². The summed E-state index contributed by atoms with van der Waals surface area (Å²) in [6.07, 6.45) is 0.660. The normalized spacial score (nSPS) is 10.9. The van der Waals surface area contributed by atoms with Gasteiger partial charge in [-0.3, -0.25) is 0 Å². The average molecular weight is 184 g/mol. The molecule has 0 aromatic rings. The van der Waals surface area contributed by atoms with E-state index in [0.29, 0.717) is 26.2 Å². The molecule has 0 spiro atoms.